The molecule has 3 heterocycles. The molecule has 16 heavy (non-hydrogen) atoms. The molecule has 3 aromatic heterocycles. The SMILES string of the molecule is c1csc(-c2noc(-c3ccncc3)n2)c1. The number of thiophene rings is 1. The highest BCUT2D eigenvalue weighted by Crippen LogP contribution is 2.24. The van der Waals surface area contributed by atoms with Gasteiger partial charge in [-0.05, 0) is 23.6 Å². The molecule has 3 aromatic rings. The summed E-state index contributed by atoms with van der Waals surface area (Å²) >= 11 is 1.59. The lowest BCUT2D eigenvalue weighted by molar-refractivity contribution is 0.432. The average Bonchev–Trinajstić information content (AvgIpc) is 3.01. The fraction of sp³-hybridized carbons (Fsp3) is 0. The van der Waals surface area contributed by atoms with Crippen LogP contribution >= 0.6 is 11.3 Å². The Balaban J connectivity index is 2.00. The molecule has 0 aliphatic carbocycles. The van der Waals surface area contributed by atoms with Crippen molar-refractivity contribution in [2.75, 3.05) is 0 Å². The predicted octanol–water partition coefficient (Wildman–Crippen LogP) is 2.86. The molecule has 0 spiro atoms. The van der Waals surface area contributed by atoms with Crippen molar-refractivity contribution in [3.63, 3.8) is 0 Å². The maximum absolute atomic E-state index is 5.19. The van der Waals surface area contributed by atoms with Crippen molar-refractivity contribution in [3.8, 4) is 22.2 Å². The first kappa shape index (κ1) is 9.23. The van der Waals surface area contributed by atoms with E-state index in [-0.39, 0.29) is 0 Å². The van der Waals surface area contributed by atoms with Gasteiger partial charge in [-0.2, -0.15) is 4.98 Å². The summed E-state index contributed by atoms with van der Waals surface area (Å²) in [6.45, 7) is 0. The smallest absolute Gasteiger partial charge is 0.258 e. The number of hydrogen-bond donors (Lipinski definition) is 0. The number of nitrogens with zero attached hydrogens (tertiary/aromatic N) is 3. The topological polar surface area (TPSA) is 51.8 Å². The van der Waals surface area contributed by atoms with E-state index in [1.54, 1.807) is 23.7 Å². The standard InChI is InChI=1S/C11H7N3OS/c1-2-9(16-7-1)10-13-11(15-14-10)8-3-5-12-6-4-8/h1-7H. The Morgan fingerprint density at radius 1 is 1.12 bits per heavy atom. The van der Waals surface area contributed by atoms with Crippen LogP contribution in [0, 0.1) is 0 Å². The lowest BCUT2D eigenvalue weighted by atomic mass is 10.3. The van der Waals surface area contributed by atoms with Crippen LogP contribution in [-0.2, 0) is 0 Å². The van der Waals surface area contributed by atoms with Gasteiger partial charge in [0, 0.05) is 18.0 Å². The van der Waals surface area contributed by atoms with E-state index in [9.17, 15) is 0 Å². The van der Waals surface area contributed by atoms with Gasteiger partial charge in [0.2, 0.25) is 5.82 Å². The summed E-state index contributed by atoms with van der Waals surface area (Å²) in [6, 6.07) is 7.60. The summed E-state index contributed by atoms with van der Waals surface area (Å²) in [5.74, 6) is 1.15. The van der Waals surface area contributed by atoms with Crippen molar-refractivity contribution in [2.45, 2.75) is 0 Å². The number of aromatic nitrogens is 3. The predicted molar refractivity (Wildman–Crippen MR) is 60.8 cm³/mol. The van der Waals surface area contributed by atoms with E-state index in [1.165, 1.54) is 0 Å². The molecule has 0 atom stereocenters. The van der Waals surface area contributed by atoms with Crippen LogP contribution < -0.4 is 0 Å². The van der Waals surface area contributed by atoms with Gasteiger partial charge in [0.25, 0.3) is 5.89 Å². The average molecular weight is 229 g/mol. The molecule has 0 bridgehead atoms. The third kappa shape index (κ3) is 1.61. The number of pyridine rings is 1. The summed E-state index contributed by atoms with van der Waals surface area (Å²) < 4.78 is 5.19. The Bertz CT molecular complexity index is 574. The van der Waals surface area contributed by atoms with E-state index in [0.29, 0.717) is 11.7 Å². The monoisotopic (exact) mass is 229 g/mol. The molecule has 0 amide bonds. The first-order valence-electron chi connectivity index (χ1n) is 4.71. The lowest BCUT2D eigenvalue weighted by Gasteiger charge is -1.89. The summed E-state index contributed by atoms with van der Waals surface area (Å²) in [6.07, 6.45) is 3.40. The van der Waals surface area contributed by atoms with Crippen molar-refractivity contribution in [1.82, 2.24) is 15.1 Å². The van der Waals surface area contributed by atoms with E-state index in [0.717, 1.165) is 10.4 Å². The van der Waals surface area contributed by atoms with Crippen molar-refractivity contribution >= 4 is 11.3 Å². The van der Waals surface area contributed by atoms with E-state index in [4.69, 9.17) is 4.52 Å². The minimum absolute atomic E-state index is 0.519. The molecule has 0 N–H and O–H groups in total. The summed E-state index contributed by atoms with van der Waals surface area (Å²) in [5, 5.41) is 5.92. The van der Waals surface area contributed by atoms with Crippen molar-refractivity contribution in [3.05, 3.63) is 42.0 Å². The van der Waals surface area contributed by atoms with Gasteiger partial charge in [0.15, 0.2) is 0 Å². The maximum Gasteiger partial charge on any atom is 0.258 e. The third-order valence-corrected chi connectivity index (χ3v) is 2.96. The molecule has 0 unspecified atom stereocenters. The zero-order valence-electron chi connectivity index (χ0n) is 8.20. The molecule has 0 radical (unpaired) electrons. The molecule has 0 fully saturated rings. The highest BCUT2D eigenvalue weighted by molar-refractivity contribution is 7.13. The second kappa shape index (κ2) is 3.86. The van der Waals surface area contributed by atoms with E-state index >= 15 is 0 Å². The molecule has 0 saturated heterocycles. The van der Waals surface area contributed by atoms with E-state index in [2.05, 4.69) is 15.1 Å². The van der Waals surface area contributed by atoms with Crippen LogP contribution in [0.1, 0.15) is 0 Å². The van der Waals surface area contributed by atoms with Crippen LogP contribution in [0.3, 0.4) is 0 Å². The first-order chi connectivity index (χ1) is 7.93. The summed E-state index contributed by atoms with van der Waals surface area (Å²) in [5.41, 5.74) is 0.880. The van der Waals surface area contributed by atoms with Gasteiger partial charge < -0.3 is 4.52 Å². The minimum Gasteiger partial charge on any atom is -0.334 e. The zero-order valence-corrected chi connectivity index (χ0v) is 9.02. The summed E-state index contributed by atoms with van der Waals surface area (Å²) in [7, 11) is 0. The molecule has 4 nitrogen and oxygen atoms in total. The van der Waals surface area contributed by atoms with Crippen molar-refractivity contribution in [2.24, 2.45) is 0 Å². The molecular weight excluding hydrogens is 222 g/mol. The Kier molecular flexibility index (Phi) is 2.23. The van der Waals surface area contributed by atoms with Crippen LogP contribution in [0.5, 0.6) is 0 Å². The molecular formula is C11H7N3OS. The van der Waals surface area contributed by atoms with E-state index < -0.39 is 0 Å². The van der Waals surface area contributed by atoms with Crippen molar-refractivity contribution in [1.29, 1.82) is 0 Å². The van der Waals surface area contributed by atoms with Gasteiger partial charge in [0.05, 0.1) is 4.88 Å². The van der Waals surface area contributed by atoms with Crippen LogP contribution in [0.4, 0.5) is 0 Å². The van der Waals surface area contributed by atoms with E-state index in [1.807, 2.05) is 29.6 Å². The highest BCUT2D eigenvalue weighted by atomic mass is 32.1. The quantitative estimate of drug-likeness (QED) is 0.678. The Morgan fingerprint density at radius 3 is 2.75 bits per heavy atom. The molecule has 3 rings (SSSR count). The molecule has 0 aliphatic heterocycles. The summed E-state index contributed by atoms with van der Waals surface area (Å²) in [4.78, 5) is 9.27. The van der Waals surface area contributed by atoms with Crippen LogP contribution in [0.25, 0.3) is 22.2 Å². The Labute approximate surface area is 95.6 Å². The van der Waals surface area contributed by atoms with Crippen LogP contribution in [0.15, 0.2) is 46.6 Å². The fourth-order valence-corrected chi connectivity index (χ4v) is 1.99. The van der Waals surface area contributed by atoms with Gasteiger partial charge >= 0.3 is 0 Å². The van der Waals surface area contributed by atoms with Gasteiger partial charge in [-0.15, -0.1) is 11.3 Å². The minimum atomic E-state index is 0.519. The normalized spacial score (nSPS) is 10.5. The number of hydrogen-bond acceptors (Lipinski definition) is 5. The Morgan fingerprint density at radius 2 is 2.00 bits per heavy atom. The molecule has 0 saturated carbocycles. The molecule has 0 aromatic carbocycles. The number of rotatable bonds is 2. The lowest BCUT2D eigenvalue weighted by Crippen LogP contribution is -1.78. The fourth-order valence-electron chi connectivity index (χ4n) is 1.34. The van der Waals surface area contributed by atoms with Gasteiger partial charge in [-0.1, -0.05) is 11.2 Å². The second-order valence-corrected chi connectivity index (χ2v) is 4.08. The molecule has 0 aliphatic rings. The Hall–Kier alpha value is -2.01. The van der Waals surface area contributed by atoms with Crippen molar-refractivity contribution < 1.29 is 4.52 Å². The van der Waals surface area contributed by atoms with Crippen LogP contribution in [0.2, 0.25) is 0 Å². The van der Waals surface area contributed by atoms with Gasteiger partial charge in [0.1, 0.15) is 0 Å². The highest BCUT2D eigenvalue weighted by Gasteiger charge is 2.10. The maximum atomic E-state index is 5.19. The first-order valence-corrected chi connectivity index (χ1v) is 5.59. The second-order valence-electron chi connectivity index (χ2n) is 3.14. The largest absolute Gasteiger partial charge is 0.334 e. The molecule has 78 valence electrons. The third-order valence-electron chi connectivity index (χ3n) is 2.09. The van der Waals surface area contributed by atoms with Gasteiger partial charge in [-0.25, -0.2) is 0 Å². The van der Waals surface area contributed by atoms with Crippen LogP contribution in [-0.4, -0.2) is 15.1 Å². The zero-order chi connectivity index (χ0) is 10.8. The van der Waals surface area contributed by atoms with Gasteiger partial charge in [-0.3, -0.25) is 4.98 Å². The molecule has 5 heteroatoms.